The minimum Gasteiger partial charge on any atom is -0.303 e. The zero-order chi connectivity index (χ0) is 14.4. The molecule has 1 aromatic rings. The van der Waals surface area contributed by atoms with Crippen LogP contribution in [-0.4, -0.2) is 24.5 Å². The lowest BCUT2D eigenvalue weighted by molar-refractivity contribution is 0.00281. The highest BCUT2D eigenvalue weighted by Gasteiger charge is 2.52. The highest BCUT2D eigenvalue weighted by molar-refractivity contribution is 5.43. The van der Waals surface area contributed by atoms with Crippen molar-refractivity contribution in [2.24, 2.45) is 5.92 Å². The molecule has 0 aromatic heterocycles. The van der Waals surface area contributed by atoms with Gasteiger partial charge in [0, 0.05) is 11.5 Å². The minimum atomic E-state index is 0.534. The lowest BCUT2D eigenvalue weighted by Gasteiger charge is -2.58. The molecule has 2 aliphatic carbocycles. The maximum Gasteiger partial charge on any atom is 0.0169 e. The molecule has 3 atom stereocenters. The van der Waals surface area contributed by atoms with Crippen LogP contribution in [0.2, 0.25) is 0 Å². The van der Waals surface area contributed by atoms with Crippen molar-refractivity contribution in [3.8, 4) is 0 Å². The number of fused-ring (bicyclic) bond motifs is 1. The number of benzene rings is 1. The molecule has 4 rings (SSSR count). The van der Waals surface area contributed by atoms with E-state index in [1.54, 1.807) is 16.7 Å². The van der Waals surface area contributed by atoms with Crippen LogP contribution in [0.1, 0.15) is 62.1 Å². The molecule has 114 valence electrons. The average Bonchev–Trinajstić information content (AvgIpc) is 2.52. The maximum atomic E-state index is 2.66. The quantitative estimate of drug-likeness (QED) is 0.781. The molecule has 1 saturated heterocycles. The second-order valence-electron chi connectivity index (χ2n) is 7.75. The van der Waals surface area contributed by atoms with Gasteiger partial charge in [-0.05, 0) is 68.3 Å². The van der Waals surface area contributed by atoms with Crippen LogP contribution in [0.4, 0.5) is 0 Å². The first-order chi connectivity index (χ1) is 10.2. The maximum absolute atomic E-state index is 2.66. The summed E-state index contributed by atoms with van der Waals surface area (Å²) in [5.74, 6) is 0.925. The molecular weight excluding hydrogens is 254 g/mol. The van der Waals surface area contributed by atoms with E-state index >= 15 is 0 Å². The van der Waals surface area contributed by atoms with Gasteiger partial charge in [-0.15, -0.1) is 0 Å². The van der Waals surface area contributed by atoms with E-state index < -0.39 is 0 Å². The van der Waals surface area contributed by atoms with Crippen LogP contribution >= 0.6 is 0 Å². The summed E-state index contributed by atoms with van der Waals surface area (Å²) in [5.41, 5.74) is 5.55. The Morgan fingerprint density at radius 1 is 1.24 bits per heavy atom. The number of aryl methyl sites for hydroxylation is 1. The summed E-state index contributed by atoms with van der Waals surface area (Å²) in [6.07, 6.45) is 11.0. The van der Waals surface area contributed by atoms with E-state index in [4.69, 9.17) is 0 Å². The number of nitrogens with zero attached hydrogens (tertiary/aromatic N) is 1. The summed E-state index contributed by atoms with van der Waals surface area (Å²) >= 11 is 0. The first-order valence-corrected chi connectivity index (χ1v) is 9.07. The van der Waals surface area contributed by atoms with Gasteiger partial charge in [-0.25, -0.2) is 0 Å². The number of hydrogen-bond donors (Lipinski definition) is 0. The predicted molar refractivity (Wildman–Crippen MR) is 88.8 cm³/mol. The van der Waals surface area contributed by atoms with Crippen LogP contribution < -0.4 is 0 Å². The van der Waals surface area contributed by atoms with Crippen molar-refractivity contribution in [1.29, 1.82) is 0 Å². The Kier molecular flexibility index (Phi) is 3.37. The van der Waals surface area contributed by atoms with E-state index in [2.05, 4.69) is 37.1 Å². The third kappa shape index (κ3) is 2.00. The number of likely N-dealkylation sites (N-methyl/N-ethyl adjacent to an activating group) is 1. The third-order valence-corrected chi connectivity index (χ3v) is 6.72. The number of likely N-dealkylation sites (tertiary alicyclic amines) is 1. The molecule has 0 amide bonds. The second kappa shape index (κ2) is 5.12. The van der Waals surface area contributed by atoms with Gasteiger partial charge >= 0.3 is 0 Å². The lowest BCUT2D eigenvalue weighted by Crippen LogP contribution is -2.59. The summed E-state index contributed by atoms with van der Waals surface area (Å²) in [6.45, 7) is 3.60. The molecular formula is C20H29N. The monoisotopic (exact) mass is 283 g/mol. The summed E-state index contributed by atoms with van der Waals surface area (Å²) in [5, 5.41) is 0. The molecule has 3 aliphatic rings. The molecule has 0 unspecified atom stereocenters. The van der Waals surface area contributed by atoms with Crippen LogP contribution in [-0.2, 0) is 18.3 Å². The topological polar surface area (TPSA) is 3.24 Å². The Labute approximate surface area is 129 Å². The largest absolute Gasteiger partial charge is 0.303 e. The van der Waals surface area contributed by atoms with Crippen molar-refractivity contribution in [3.05, 3.63) is 34.9 Å². The van der Waals surface area contributed by atoms with Crippen LogP contribution in [0, 0.1) is 5.92 Å². The van der Waals surface area contributed by atoms with Gasteiger partial charge in [0.2, 0.25) is 0 Å². The van der Waals surface area contributed by atoms with Gasteiger partial charge in [-0.2, -0.15) is 0 Å². The van der Waals surface area contributed by atoms with Gasteiger partial charge in [0.05, 0.1) is 0 Å². The molecule has 2 bridgehead atoms. The standard InChI is InChI=1S/C20H29N/c1-3-6-15-8-9-16-14-19-17-7-4-5-10-20(17,18(16)13-15)11-12-21(19)2/h8-9,13,17,19H,3-7,10-12,14H2,1-2H3/t17-,19+,20+/m1/s1. The van der Waals surface area contributed by atoms with E-state index in [9.17, 15) is 0 Å². The zero-order valence-electron chi connectivity index (χ0n) is 13.7. The van der Waals surface area contributed by atoms with Crippen molar-refractivity contribution in [2.45, 2.75) is 69.7 Å². The second-order valence-corrected chi connectivity index (χ2v) is 7.75. The van der Waals surface area contributed by atoms with Gasteiger partial charge in [0.1, 0.15) is 0 Å². The molecule has 1 heteroatoms. The number of hydrogen-bond acceptors (Lipinski definition) is 1. The highest BCUT2D eigenvalue weighted by atomic mass is 15.1. The summed E-state index contributed by atoms with van der Waals surface area (Å²) in [6, 6.07) is 8.29. The first-order valence-electron chi connectivity index (χ1n) is 9.07. The van der Waals surface area contributed by atoms with Gasteiger partial charge < -0.3 is 4.90 Å². The van der Waals surface area contributed by atoms with Gasteiger partial charge in [-0.1, -0.05) is 44.4 Å². The zero-order valence-corrected chi connectivity index (χ0v) is 13.7. The van der Waals surface area contributed by atoms with E-state index in [1.165, 1.54) is 57.9 Å². The number of piperidine rings is 1. The summed E-state index contributed by atoms with van der Waals surface area (Å²) in [4.78, 5) is 2.66. The van der Waals surface area contributed by atoms with Crippen molar-refractivity contribution in [1.82, 2.24) is 4.90 Å². The van der Waals surface area contributed by atoms with E-state index in [0.717, 1.165) is 12.0 Å². The van der Waals surface area contributed by atoms with Gasteiger partial charge in [0.15, 0.2) is 0 Å². The van der Waals surface area contributed by atoms with Crippen molar-refractivity contribution in [2.75, 3.05) is 13.6 Å². The Hall–Kier alpha value is -0.820. The van der Waals surface area contributed by atoms with Crippen LogP contribution in [0.15, 0.2) is 18.2 Å². The van der Waals surface area contributed by atoms with E-state index in [0.29, 0.717) is 5.41 Å². The molecule has 0 N–H and O–H groups in total. The molecule has 2 fully saturated rings. The highest BCUT2D eigenvalue weighted by Crippen LogP contribution is 2.55. The average molecular weight is 283 g/mol. The SMILES string of the molecule is CCCc1ccc2c(c1)[C@]13CCCC[C@@H]1[C@H](C2)N(C)CC3. The molecule has 21 heavy (non-hydrogen) atoms. The Bertz CT molecular complexity index is 535. The fourth-order valence-corrected chi connectivity index (χ4v) is 5.69. The predicted octanol–water partition coefficient (Wildman–Crippen LogP) is 4.33. The fourth-order valence-electron chi connectivity index (χ4n) is 5.69. The molecule has 0 spiro atoms. The first kappa shape index (κ1) is 13.8. The molecule has 1 aromatic carbocycles. The van der Waals surface area contributed by atoms with Crippen LogP contribution in [0.5, 0.6) is 0 Å². The van der Waals surface area contributed by atoms with Crippen LogP contribution in [0.25, 0.3) is 0 Å². The normalized spacial score (nSPS) is 35.1. The van der Waals surface area contributed by atoms with Crippen molar-refractivity contribution < 1.29 is 0 Å². The van der Waals surface area contributed by atoms with Crippen molar-refractivity contribution >= 4 is 0 Å². The van der Waals surface area contributed by atoms with Crippen molar-refractivity contribution in [3.63, 3.8) is 0 Å². The summed E-state index contributed by atoms with van der Waals surface area (Å²) in [7, 11) is 2.36. The third-order valence-electron chi connectivity index (χ3n) is 6.72. The molecule has 1 nitrogen and oxygen atoms in total. The van der Waals surface area contributed by atoms with Gasteiger partial charge in [0.25, 0.3) is 0 Å². The smallest absolute Gasteiger partial charge is 0.0169 e. The molecule has 1 heterocycles. The molecule has 1 saturated carbocycles. The van der Waals surface area contributed by atoms with Crippen LogP contribution in [0.3, 0.4) is 0 Å². The van der Waals surface area contributed by atoms with E-state index in [1.807, 2.05) is 0 Å². The molecule has 0 radical (unpaired) electrons. The Morgan fingerprint density at radius 2 is 2.14 bits per heavy atom. The lowest BCUT2D eigenvalue weighted by atomic mass is 9.52. The summed E-state index contributed by atoms with van der Waals surface area (Å²) < 4.78 is 0. The Balaban J connectivity index is 1.83. The fraction of sp³-hybridized carbons (Fsp3) is 0.700. The van der Waals surface area contributed by atoms with E-state index in [-0.39, 0.29) is 0 Å². The minimum absolute atomic E-state index is 0.534. The Morgan fingerprint density at radius 3 is 3.00 bits per heavy atom. The number of rotatable bonds is 2. The molecule has 1 aliphatic heterocycles. The van der Waals surface area contributed by atoms with Gasteiger partial charge in [-0.3, -0.25) is 0 Å².